The molecular formula is C14H14O3. The van der Waals surface area contributed by atoms with Crippen LogP contribution in [-0.2, 0) is 14.3 Å². The van der Waals surface area contributed by atoms with Crippen LogP contribution < -0.4 is 0 Å². The van der Waals surface area contributed by atoms with E-state index in [1.165, 1.54) is 24.0 Å². The van der Waals surface area contributed by atoms with Crippen LogP contribution in [0.4, 0.5) is 0 Å². The predicted octanol–water partition coefficient (Wildman–Crippen LogP) is 1.99. The first-order valence-electron chi connectivity index (χ1n) is 6.43. The number of rotatable bonds is 0. The third-order valence-corrected chi connectivity index (χ3v) is 4.77. The third kappa shape index (κ3) is 1.07. The van der Waals surface area contributed by atoms with E-state index in [1.54, 1.807) is 0 Å². The summed E-state index contributed by atoms with van der Waals surface area (Å²) in [5.74, 6) is -0.684. The molecule has 0 aromatic carbocycles. The van der Waals surface area contributed by atoms with Crippen molar-refractivity contribution in [2.75, 3.05) is 0 Å². The molecule has 0 aromatic rings. The van der Waals surface area contributed by atoms with E-state index in [0.29, 0.717) is 0 Å². The largest absolute Gasteiger partial charge is 0.393 e. The van der Waals surface area contributed by atoms with Gasteiger partial charge in [0.05, 0.1) is 11.8 Å². The number of fused-ring (bicyclic) bond motifs is 5. The quantitative estimate of drug-likeness (QED) is 0.363. The molecule has 0 spiro atoms. The summed E-state index contributed by atoms with van der Waals surface area (Å²) in [6.45, 7) is 0. The second-order valence-electron chi connectivity index (χ2n) is 5.49. The lowest BCUT2D eigenvalue weighted by molar-refractivity contribution is -0.154. The Bertz CT molecular complexity index is 446. The van der Waals surface area contributed by atoms with Crippen LogP contribution in [0.2, 0.25) is 0 Å². The number of carbonyl (C=O) groups excluding carboxylic acids is 2. The molecule has 3 heteroatoms. The number of ether oxygens (including phenoxy) is 1. The highest BCUT2D eigenvalue weighted by molar-refractivity contribution is 5.99. The fourth-order valence-corrected chi connectivity index (χ4v) is 4.13. The molecule has 3 aliphatic carbocycles. The average Bonchev–Trinajstić information content (AvgIpc) is 3.01. The number of hydrogen-bond acceptors (Lipinski definition) is 3. The molecule has 4 atom stereocenters. The van der Waals surface area contributed by atoms with E-state index in [2.05, 4.69) is 12.2 Å². The summed E-state index contributed by atoms with van der Waals surface area (Å²) >= 11 is 0. The third-order valence-electron chi connectivity index (χ3n) is 4.77. The molecule has 1 heterocycles. The van der Waals surface area contributed by atoms with E-state index in [0.717, 1.165) is 12.8 Å². The minimum Gasteiger partial charge on any atom is -0.393 e. The topological polar surface area (TPSA) is 43.4 Å². The standard InChI is InChI=1S/C14H14O3/c15-13-11-8-5-6-9(12(11)14(16)17-13)10(8)7-3-1-2-4-7/h5-6,8-9,11-12H,1-4H2/t8-,9+,11-,12+. The van der Waals surface area contributed by atoms with Crippen LogP contribution in [0, 0.1) is 23.7 Å². The Morgan fingerprint density at radius 3 is 2.00 bits per heavy atom. The molecule has 0 N–H and O–H groups in total. The van der Waals surface area contributed by atoms with Crippen LogP contribution in [0.15, 0.2) is 23.3 Å². The second kappa shape index (κ2) is 3.09. The van der Waals surface area contributed by atoms with Crippen molar-refractivity contribution >= 4 is 11.9 Å². The first-order chi connectivity index (χ1) is 8.27. The van der Waals surface area contributed by atoms with Gasteiger partial charge in [-0.3, -0.25) is 9.59 Å². The van der Waals surface area contributed by atoms with Gasteiger partial charge in [0.15, 0.2) is 0 Å². The van der Waals surface area contributed by atoms with Crippen molar-refractivity contribution in [3.05, 3.63) is 23.3 Å². The Labute approximate surface area is 99.5 Å². The molecular weight excluding hydrogens is 216 g/mol. The van der Waals surface area contributed by atoms with Crippen molar-refractivity contribution in [2.45, 2.75) is 25.7 Å². The first kappa shape index (κ1) is 9.63. The van der Waals surface area contributed by atoms with Gasteiger partial charge in [0.2, 0.25) is 0 Å². The van der Waals surface area contributed by atoms with Crippen molar-refractivity contribution in [3.63, 3.8) is 0 Å². The summed E-state index contributed by atoms with van der Waals surface area (Å²) in [6.07, 6.45) is 9.07. The molecule has 88 valence electrons. The van der Waals surface area contributed by atoms with E-state index in [1.807, 2.05) is 0 Å². The maximum absolute atomic E-state index is 11.7. The molecule has 2 saturated carbocycles. The van der Waals surface area contributed by atoms with Gasteiger partial charge in [-0.05, 0) is 25.7 Å². The molecule has 4 rings (SSSR count). The lowest BCUT2D eigenvalue weighted by Crippen LogP contribution is -2.21. The van der Waals surface area contributed by atoms with Crippen LogP contribution in [0.3, 0.4) is 0 Å². The van der Waals surface area contributed by atoms with Crippen molar-refractivity contribution < 1.29 is 14.3 Å². The van der Waals surface area contributed by atoms with Crippen LogP contribution >= 0.6 is 0 Å². The zero-order chi connectivity index (χ0) is 11.6. The zero-order valence-corrected chi connectivity index (χ0v) is 9.52. The normalized spacial score (nSPS) is 42.6. The van der Waals surface area contributed by atoms with E-state index in [9.17, 15) is 9.59 Å². The number of carbonyl (C=O) groups is 2. The van der Waals surface area contributed by atoms with Crippen molar-refractivity contribution in [1.82, 2.24) is 0 Å². The number of allylic oxidation sites excluding steroid dienone is 4. The Balaban J connectivity index is 1.82. The summed E-state index contributed by atoms with van der Waals surface area (Å²) in [4.78, 5) is 23.4. The van der Waals surface area contributed by atoms with Gasteiger partial charge in [-0.15, -0.1) is 0 Å². The summed E-state index contributed by atoms with van der Waals surface area (Å²) < 4.78 is 4.78. The molecule has 4 aliphatic rings. The smallest absolute Gasteiger partial charge is 0.318 e. The minimum atomic E-state index is -0.298. The van der Waals surface area contributed by atoms with Gasteiger partial charge in [0.25, 0.3) is 0 Å². The molecule has 0 radical (unpaired) electrons. The Morgan fingerprint density at radius 1 is 0.941 bits per heavy atom. The first-order valence-corrected chi connectivity index (χ1v) is 6.43. The molecule has 0 aromatic heterocycles. The van der Waals surface area contributed by atoms with Gasteiger partial charge in [-0.25, -0.2) is 0 Å². The summed E-state index contributed by atoms with van der Waals surface area (Å²) in [5.41, 5.74) is 2.91. The molecule has 3 fully saturated rings. The van der Waals surface area contributed by atoms with E-state index < -0.39 is 0 Å². The summed E-state index contributed by atoms with van der Waals surface area (Å²) in [5, 5.41) is 0. The summed E-state index contributed by atoms with van der Waals surface area (Å²) in [6, 6.07) is 0. The lowest BCUT2D eigenvalue weighted by atomic mass is 9.85. The summed E-state index contributed by atoms with van der Waals surface area (Å²) in [7, 11) is 0. The molecule has 0 unspecified atom stereocenters. The number of cyclic esters (lactones) is 2. The van der Waals surface area contributed by atoms with Crippen LogP contribution in [0.25, 0.3) is 0 Å². The van der Waals surface area contributed by atoms with Gasteiger partial charge < -0.3 is 4.74 Å². The molecule has 1 saturated heterocycles. The lowest BCUT2D eigenvalue weighted by Gasteiger charge is -2.12. The van der Waals surface area contributed by atoms with E-state index in [4.69, 9.17) is 4.74 Å². The van der Waals surface area contributed by atoms with Gasteiger partial charge in [0, 0.05) is 11.8 Å². The monoisotopic (exact) mass is 230 g/mol. The Hall–Kier alpha value is -1.38. The minimum absolute atomic E-state index is 0.164. The van der Waals surface area contributed by atoms with Gasteiger partial charge in [-0.1, -0.05) is 23.3 Å². The Morgan fingerprint density at radius 2 is 1.47 bits per heavy atom. The fourth-order valence-electron chi connectivity index (χ4n) is 4.13. The Kier molecular flexibility index (Phi) is 1.75. The highest BCUT2D eigenvalue weighted by atomic mass is 16.6. The molecule has 2 bridgehead atoms. The van der Waals surface area contributed by atoms with Crippen molar-refractivity contribution in [2.24, 2.45) is 23.7 Å². The zero-order valence-electron chi connectivity index (χ0n) is 9.52. The molecule has 3 nitrogen and oxygen atoms in total. The molecule has 1 aliphatic heterocycles. The SMILES string of the molecule is O=C1OC(=O)[C@H]2[C@@H]1[C@H]1C=C[C@@H]2C1=C1CCCC1. The maximum atomic E-state index is 11.7. The van der Waals surface area contributed by atoms with Crippen molar-refractivity contribution in [1.29, 1.82) is 0 Å². The molecule has 17 heavy (non-hydrogen) atoms. The van der Waals surface area contributed by atoms with Crippen molar-refractivity contribution in [3.8, 4) is 0 Å². The van der Waals surface area contributed by atoms with Gasteiger partial charge in [-0.2, -0.15) is 0 Å². The maximum Gasteiger partial charge on any atom is 0.318 e. The van der Waals surface area contributed by atoms with Crippen LogP contribution in [0.5, 0.6) is 0 Å². The van der Waals surface area contributed by atoms with E-state index in [-0.39, 0.29) is 35.6 Å². The average molecular weight is 230 g/mol. The number of hydrogen-bond donors (Lipinski definition) is 0. The fraction of sp³-hybridized carbons (Fsp3) is 0.571. The predicted molar refractivity (Wildman–Crippen MR) is 59.7 cm³/mol. The van der Waals surface area contributed by atoms with Gasteiger partial charge >= 0.3 is 11.9 Å². The van der Waals surface area contributed by atoms with Crippen LogP contribution in [0.1, 0.15) is 25.7 Å². The number of esters is 2. The van der Waals surface area contributed by atoms with Gasteiger partial charge in [0.1, 0.15) is 0 Å². The highest BCUT2D eigenvalue weighted by Gasteiger charge is 2.60. The van der Waals surface area contributed by atoms with Crippen LogP contribution in [-0.4, -0.2) is 11.9 Å². The second-order valence-corrected chi connectivity index (χ2v) is 5.49. The highest BCUT2D eigenvalue weighted by Crippen LogP contribution is 2.57. The molecule has 0 amide bonds. The van der Waals surface area contributed by atoms with E-state index >= 15 is 0 Å².